The molecule has 0 aliphatic heterocycles. The summed E-state index contributed by atoms with van der Waals surface area (Å²) in [5.74, 6) is -1.73. The second-order valence-electron chi connectivity index (χ2n) is 4.46. The minimum absolute atomic E-state index is 0.0905. The van der Waals surface area contributed by atoms with Crippen LogP contribution in [-0.2, 0) is 4.79 Å². The molecule has 0 saturated heterocycles. The Bertz CT molecular complexity index is 612. The summed E-state index contributed by atoms with van der Waals surface area (Å²) >= 11 is 0. The average molecular weight is 283 g/mol. The number of rotatable bonds is 6. The third-order valence-electron chi connectivity index (χ3n) is 3.46. The van der Waals surface area contributed by atoms with Crippen molar-refractivity contribution in [2.75, 3.05) is 6.54 Å². The summed E-state index contributed by atoms with van der Waals surface area (Å²) < 4.78 is 0. The molecule has 110 valence electrons. The van der Waals surface area contributed by atoms with Crippen LogP contribution in [0.25, 0.3) is 0 Å². The Morgan fingerprint density at radius 2 is 1.90 bits per heavy atom. The zero-order chi connectivity index (χ0) is 15.3. The van der Waals surface area contributed by atoms with Gasteiger partial charge in [-0.3, -0.25) is 19.4 Å². The molecule has 0 atom stereocenters. The molecule has 1 aromatic heterocycles. The van der Waals surface area contributed by atoms with Gasteiger partial charge in [0.1, 0.15) is 5.56 Å². The minimum atomic E-state index is -1.06. The quantitative estimate of drug-likeness (QED) is 0.568. The molecule has 0 unspecified atom stereocenters. The van der Waals surface area contributed by atoms with Crippen LogP contribution in [-0.4, -0.2) is 33.5 Å². The highest BCUT2D eigenvalue weighted by atomic mass is 16.4. The van der Waals surface area contributed by atoms with Crippen LogP contribution < -0.4 is 16.6 Å². The summed E-state index contributed by atoms with van der Waals surface area (Å²) in [4.78, 5) is 49.5. The molecule has 1 heterocycles. The fraction of sp³-hybridized carbons (Fsp3) is 0.500. The number of carbonyl (C=O) groups is 2. The molecule has 1 rings (SSSR count). The number of amides is 1. The third-order valence-corrected chi connectivity index (χ3v) is 3.46. The van der Waals surface area contributed by atoms with Gasteiger partial charge in [-0.1, -0.05) is 13.8 Å². The maximum Gasteiger partial charge on any atom is 0.325 e. The third kappa shape index (κ3) is 3.14. The van der Waals surface area contributed by atoms with E-state index in [2.05, 4.69) is 10.3 Å². The van der Waals surface area contributed by atoms with E-state index >= 15 is 0 Å². The molecule has 8 nitrogen and oxygen atoms in total. The second kappa shape index (κ2) is 6.18. The molecule has 0 aliphatic rings. The Labute approximate surface area is 114 Å². The molecule has 1 aromatic rings. The fourth-order valence-corrected chi connectivity index (χ4v) is 1.80. The van der Waals surface area contributed by atoms with Gasteiger partial charge in [0.05, 0.1) is 5.41 Å². The Hall–Kier alpha value is -2.38. The standard InChI is InChI=1S/C12H17N3O5/c1-3-12(4-2,10(18)19)6-14-8(16)7-5-13-11(20)15-9(7)17/h5H,3-4,6H2,1-2H3,(H,14,16)(H,18,19)(H2,13,15,17,20). The first kappa shape index (κ1) is 15.7. The van der Waals surface area contributed by atoms with Gasteiger partial charge in [0, 0.05) is 12.7 Å². The van der Waals surface area contributed by atoms with Crippen LogP contribution in [0, 0.1) is 5.41 Å². The predicted molar refractivity (Wildman–Crippen MR) is 70.7 cm³/mol. The number of carboxylic acids is 1. The summed E-state index contributed by atoms with van der Waals surface area (Å²) in [5.41, 5.74) is -2.87. The van der Waals surface area contributed by atoms with E-state index < -0.39 is 28.5 Å². The van der Waals surface area contributed by atoms with Crippen LogP contribution in [0.1, 0.15) is 37.0 Å². The summed E-state index contributed by atoms with van der Waals surface area (Å²) in [6.45, 7) is 3.35. The fourth-order valence-electron chi connectivity index (χ4n) is 1.80. The Kier molecular flexibility index (Phi) is 4.84. The molecule has 1 amide bonds. The van der Waals surface area contributed by atoms with Crippen molar-refractivity contribution in [3.8, 4) is 0 Å². The summed E-state index contributed by atoms with van der Waals surface area (Å²) in [6, 6.07) is 0. The van der Waals surface area contributed by atoms with E-state index in [0.717, 1.165) is 6.20 Å². The monoisotopic (exact) mass is 283 g/mol. The topological polar surface area (TPSA) is 132 Å². The lowest BCUT2D eigenvalue weighted by Gasteiger charge is -2.26. The van der Waals surface area contributed by atoms with Gasteiger partial charge in [-0.05, 0) is 12.8 Å². The Balaban J connectivity index is 2.88. The number of aliphatic carboxylic acids is 1. The van der Waals surface area contributed by atoms with Crippen molar-refractivity contribution in [2.24, 2.45) is 5.41 Å². The first-order valence-corrected chi connectivity index (χ1v) is 6.20. The van der Waals surface area contributed by atoms with Crippen molar-refractivity contribution in [3.05, 3.63) is 32.6 Å². The van der Waals surface area contributed by atoms with E-state index in [1.54, 1.807) is 13.8 Å². The van der Waals surface area contributed by atoms with Gasteiger partial charge in [0.15, 0.2) is 0 Å². The van der Waals surface area contributed by atoms with E-state index in [4.69, 9.17) is 0 Å². The van der Waals surface area contributed by atoms with Crippen molar-refractivity contribution in [2.45, 2.75) is 26.7 Å². The number of hydrogen-bond acceptors (Lipinski definition) is 4. The van der Waals surface area contributed by atoms with Gasteiger partial charge in [-0.2, -0.15) is 0 Å². The maximum absolute atomic E-state index is 11.8. The van der Waals surface area contributed by atoms with Crippen molar-refractivity contribution in [3.63, 3.8) is 0 Å². The van der Waals surface area contributed by atoms with E-state index in [1.807, 2.05) is 4.98 Å². The first-order valence-electron chi connectivity index (χ1n) is 6.20. The number of carbonyl (C=O) groups excluding carboxylic acids is 1. The van der Waals surface area contributed by atoms with Gasteiger partial charge in [0.2, 0.25) is 0 Å². The number of carboxylic acid groups (broad SMARTS) is 1. The van der Waals surface area contributed by atoms with Crippen LogP contribution in [0.2, 0.25) is 0 Å². The molecule has 20 heavy (non-hydrogen) atoms. The van der Waals surface area contributed by atoms with E-state index in [-0.39, 0.29) is 12.1 Å². The Morgan fingerprint density at radius 1 is 1.30 bits per heavy atom. The van der Waals surface area contributed by atoms with Gasteiger partial charge in [-0.15, -0.1) is 0 Å². The van der Waals surface area contributed by atoms with Crippen LogP contribution >= 0.6 is 0 Å². The Morgan fingerprint density at radius 3 is 2.35 bits per heavy atom. The second-order valence-corrected chi connectivity index (χ2v) is 4.46. The molecular weight excluding hydrogens is 266 g/mol. The lowest BCUT2D eigenvalue weighted by molar-refractivity contribution is -0.149. The molecule has 0 radical (unpaired) electrons. The van der Waals surface area contributed by atoms with Crippen molar-refractivity contribution >= 4 is 11.9 Å². The minimum Gasteiger partial charge on any atom is -0.481 e. The molecule has 0 bridgehead atoms. The molecule has 0 fully saturated rings. The van der Waals surface area contributed by atoms with Gasteiger partial charge in [-0.25, -0.2) is 4.79 Å². The first-order chi connectivity index (χ1) is 9.36. The highest BCUT2D eigenvalue weighted by Crippen LogP contribution is 2.25. The number of H-pyrrole nitrogens is 2. The zero-order valence-corrected chi connectivity index (χ0v) is 11.3. The van der Waals surface area contributed by atoms with E-state index in [0.29, 0.717) is 12.8 Å². The molecule has 0 aliphatic carbocycles. The maximum atomic E-state index is 11.8. The lowest BCUT2D eigenvalue weighted by Crippen LogP contribution is -2.43. The van der Waals surface area contributed by atoms with Crippen molar-refractivity contribution < 1.29 is 14.7 Å². The smallest absolute Gasteiger partial charge is 0.325 e. The largest absolute Gasteiger partial charge is 0.481 e. The number of aromatic amines is 2. The number of aromatic nitrogens is 2. The van der Waals surface area contributed by atoms with Crippen molar-refractivity contribution in [1.29, 1.82) is 0 Å². The average Bonchev–Trinajstić information content (AvgIpc) is 2.39. The SMILES string of the molecule is CCC(CC)(CNC(=O)c1c[nH]c(=O)[nH]c1=O)C(=O)O. The highest BCUT2D eigenvalue weighted by molar-refractivity contribution is 5.93. The summed E-state index contributed by atoms with van der Waals surface area (Å²) in [6.07, 6.45) is 1.69. The molecule has 4 N–H and O–H groups in total. The number of nitrogens with one attached hydrogen (secondary N) is 3. The molecule has 0 spiro atoms. The highest BCUT2D eigenvalue weighted by Gasteiger charge is 2.35. The molecule has 8 heteroatoms. The van der Waals surface area contributed by atoms with Crippen LogP contribution in [0.4, 0.5) is 0 Å². The molecule has 0 aromatic carbocycles. The van der Waals surface area contributed by atoms with Crippen molar-refractivity contribution in [1.82, 2.24) is 15.3 Å². The molecular formula is C12H17N3O5. The van der Waals surface area contributed by atoms with E-state index in [9.17, 15) is 24.3 Å². The molecule has 0 saturated carbocycles. The number of hydrogen-bond donors (Lipinski definition) is 4. The summed E-state index contributed by atoms with van der Waals surface area (Å²) in [5, 5.41) is 11.7. The van der Waals surface area contributed by atoms with Gasteiger partial charge >= 0.3 is 11.7 Å². The van der Waals surface area contributed by atoms with E-state index in [1.165, 1.54) is 0 Å². The van der Waals surface area contributed by atoms with Crippen LogP contribution in [0.3, 0.4) is 0 Å². The lowest BCUT2D eigenvalue weighted by atomic mass is 9.82. The van der Waals surface area contributed by atoms with Gasteiger partial charge in [0.25, 0.3) is 11.5 Å². The normalized spacial score (nSPS) is 11.1. The zero-order valence-electron chi connectivity index (χ0n) is 11.3. The van der Waals surface area contributed by atoms with Crippen LogP contribution in [0.15, 0.2) is 15.8 Å². The predicted octanol–water partition coefficient (Wildman–Crippen LogP) is -0.316. The van der Waals surface area contributed by atoms with Crippen LogP contribution in [0.5, 0.6) is 0 Å². The van der Waals surface area contributed by atoms with Gasteiger partial charge < -0.3 is 15.4 Å². The summed E-state index contributed by atoms with van der Waals surface area (Å²) in [7, 11) is 0.